The van der Waals surface area contributed by atoms with Crippen LogP contribution in [0.2, 0.25) is 0 Å². The van der Waals surface area contributed by atoms with Gasteiger partial charge in [0, 0.05) is 38.3 Å². The molecule has 0 fully saturated rings. The van der Waals surface area contributed by atoms with Crippen molar-refractivity contribution in [1.29, 1.82) is 0 Å². The second-order valence-corrected chi connectivity index (χ2v) is 7.15. The number of fused-ring (bicyclic) bond motifs is 3. The predicted octanol–water partition coefficient (Wildman–Crippen LogP) is 5.70. The van der Waals surface area contributed by atoms with E-state index in [0.717, 1.165) is 22.3 Å². The van der Waals surface area contributed by atoms with Crippen LogP contribution in [0.5, 0.6) is 0 Å². The van der Waals surface area contributed by atoms with Crippen molar-refractivity contribution in [2.24, 2.45) is 0 Å². The molecule has 0 aliphatic carbocycles. The van der Waals surface area contributed by atoms with Gasteiger partial charge in [0.05, 0.1) is 5.69 Å². The highest BCUT2D eigenvalue weighted by atomic mass is 32.1. The molecule has 0 saturated heterocycles. The summed E-state index contributed by atoms with van der Waals surface area (Å²) in [4.78, 5) is 20.3. The van der Waals surface area contributed by atoms with Crippen molar-refractivity contribution in [2.45, 2.75) is 0 Å². The first-order valence-corrected chi connectivity index (χ1v) is 9.49. The van der Waals surface area contributed by atoms with Crippen LogP contribution in [0.4, 0.5) is 5.13 Å². The summed E-state index contributed by atoms with van der Waals surface area (Å²) in [6.07, 6.45) is 0. The number of amides is 1. The van der Waals surface area contributed by atoms with E-state index in [4.69, 9.17) is 0 Å². The molecule has 5 aromatic rings. The number of carbonyl (C=O) groups excluding carboxylic acids is 1. The van der Waals surface area contributed by atoms with Crippen LogP contribution in [-0.2, 0) is 0 Å². The number of benzene rings is 3. The quantitative estimate of drug-likeness (QED) is 0.429. The molecule has 130 valence electrons. The van der Waals surface area contributed by atoms with Crippen LogP contribution in [0, 0.1) is 0 Å². The minimum absolute atomic E-state index is 0.150. The van der Waals surface area contributed by atoms with E-state index in [1.165, 1.54) is 22.1 Å². The number of para-hydroxylation sites is 1. The molecule has 2 N–H and O–H groups in total. The molecular formula is C22H15N3OS. The topological polar surface area (TPSA) is 57.8 Å². The monoisotopic (exact) mass is 369 g/mol. The summed E-state index contributed by atoms with van der Waals surface area (Å²) in [6, 6.07) is 23.7. The highest BCUT2D eigenvalue weighted by Gasteiger charge is 2.11. The molecule has 0 spiro atoms. The van der Waals surface area contributed by atoms with Crippen molar-refractivity contribution in [3.63, 3.8) is 0 Å². The van der Waals surface area contributed by atoms with Gasteiger partial charge in [-0.3, -0.25) is 10.1 Å². The molecule has 0 radical (unpaired) electrons. The van der Waals surface area contributed by atoms with Gasteiger partial charge in [-0.05, 0) is 24.3 Å². The first-order valence-electron chi connectivity index (χ1n) is 8.61. The average Bonchev–Trinajstić information content (AvgIpc) is 3.32. The first-order chi connectivity index (χ1) is 13.3. The summed E-state index contributed by atoms with van der Waals surface area (Å²) in [7, 11) is 0. The third kappa shape index (κ3) is 2.88. The summed E-state index contributed by atoms with van der Waals surface area (Å²) in [6.45, 7) is 0. The summed E-state index contributed by atoms with van der Waals surface area (Å²) >= 11 is 1.42. The van der Waals surface area contributed by atoms with E-state index >= 15 is 0 Å². The molecule has 2 heterocycles. The van der Waals surface area contributed by atoms with E-state index in [-0.39, 0.29) is 5.91 Å². The molecule has 0 saturated carbocycles. The Labute approximate surface area is 159 Å². The Balaban J connectivity index is 1.45. The third-order valence-electron chi connectivity index (χ3n) is 4.56. The van der Waals surface area contributed by atoms with Gasteiger partial charge in [-0.2, -0.15) is 0 Å². The second kappa shape index (κ2) is 6.37. The summed E-state index contributed by atoms with van der Waals surface area (Å²) < 4.78 is 0. The number of hydrogen-bond acceptors (Lipinski definition) is 3. The fourth-order valence-electron chi connectivity index (χ4n) is 3.24. The van der Waals surface area contributed by atoms with Crippen LogP contribution in [0.15, 0.2) is 78.2 Å². The van der Waals surface area contributed by atoms with Crippen molar-refractivity contribution in [2.75, 3.05) is 5.32 Å². The van der Waals surface area contributed by atoms with Crippen molar-refractivity contribution in [3.05, 3.63) is 83.7 Å². The van der Waals surface area contributed by atoms with E-state index in [1.54, 1.807) is 12.1 Å². The van der Waals surface area contributed by atoms with E-state index in [1.807, 2.05) is 35.7 Å². The maximum atomic E-state index is 12.3. The molecule has 0 aliphatic rings. The molecule has 0 bridgehead atoms. The Morgan fingerprint density at radius 1 is 0.889 bits per heavy atom. The van der Waals surface area contributed by atoms with Gasteiger partial charge in [0.15, 0.2) is 5.13 Å². The van der Waals surface area contributed by atoms with E-state index < -0.39 is 0 Å². The molecule has 0 aliphatic heterocycles. The zero-order chi connectivity index (χ0) is 18.2. The number of carbonyl (C=O) groups is 1. The normalized spacial score (nSPS) is 11.1. The number of anilines is 1. The van der Waals surface area contributed by atoms with Gasteiger partial charge >= 0.3 is 0 Å². The fourth-order valence-corrected chi connectivity index (χ4v) is 3.95. The Bertz CT molecular complexity index is 1270. The molecule has 1 amide bonds. The van der Waals surface area contributed by atoms with Crippen LogP contribution < -0.4 is 5.32 Å². The molecule has 27 heavy (non-hydrogen) atoms. The molecule has 5 rings (SSSR count). The second-order valence-electron chi connectivity index (χ2n) is 6.29. The van der Waals surface area contributed by atoms with E-state index in [0.29, 0.717) is 10.7 Å². The van der Waals surface area contributed by atoms with Crippen LogP contribution in [0.25, 0.3) is 33.1 Å². The smallest absolute Gasteiger partial charge is 0.257 e. The lowest BCUT2D eigenvalue weighted by Crippen LogP contribution is -2.11. The highest BCUT2D eigenvalue weighted by molar-refractivity contribution is 7.14. The number of hydrogen-bond donors (Lipinski definition) is 2. The summed E-state index contributed by atoms with van der Waals surface area (Å²) in [5.41, 5.74) is 4.69. The molecule has 2 aromatic heterocycles. The van der Waals surface area contributed by atoms with Crippen molar-refractivity contribution >= 4 is 44.2 Å². The van der Waals surface area contributed by atoms with Gasteiger partial charge in [-0.1, -0.05) is 48.5 Å². The standard InChI is InChI=1S/C22H15N3OS/c26-21(14-6-2-1-3-7-14)25-22-24-20(13-27-22)15-10-11-17-16-8-4-5-9-18(16)23-19(17)12-15/h1-13,23H,(H,24,25,26). The van der Waals surface area contributed by atoms with Crippen LogP contribution in [0.1, 0.15) is 10.4 Å². The third-order valence-corrected chi connectivity index (χ3v) is 5.32. The summed E-state index contributed by atoms with van der Waals surface area (Å²) in [5.74, 6) is -0.150. The summed E-state index contributed by atoms with van der Waals surface area (Å²) in [5, 5.41) is 7.84. The zero-order valence-electron chi connectivity index (χ0n) is 14.3. The van der Waals surface area contributed by atoms with Gasteiger partial charge in [-0.15, -0.1) is 11.3 Å². The number of rotatable bonds is 3. The Hall–Kier alpha value is -3.44. The average molecular weight is 369 g/mol. The Morgan fingerprint density at radius 3 is 2.56 bits per heavy atom. The largest absolute Gasteiger partial charge is 0.354 e. The van der Waals surface area contributed by atoms with Crippen LogP contribution >= 0.6 is 11.3 Å². The maximum Gasteiger partial charge on any atom is 0.257 e. The number of nitrogens with zero attached hydrogens (tertiary/aromatic N) is 1. The molecule has 4 nitrogen and oxygen atoms in total. The predicted molar refractivity (Wildman–Crippen MR) is 111 cm³/mol. The molecule has 0 atom stereocenters. The van der Waals surface area contributed by atoms with Crippen molar-refractivity contribution in [3.8, 4) is 11.3 Å². The van der Waals surface area contributed by atoms with E-state index in [2.05, 4.69) is 45.6 Å². The van der Waals surface area contributed by atoms with Gasteiger partial charge in [0.2, 0.25) is 0 Å². The molecule has 3 aromatic carbocycles. The first kappa shape index (κ1) is 15.8. The maximum absolute atomic E-state index is 12.3. The minimum atomic E-state index is -0.150. The lowest BCUT2D eigenvalue weighted by atomic mass is 10.1. The Kier molecular flexibility index (Phi) is 3.73. The van der Waals surface area contributed by atoms with Crippen molar-refractivity contribution in [1.82, 2.24) is 9.97 Å². The number of H-pyrrole nitrogens is 1. The number of aromatic nitrogens is 2. The highest BCUT2D eigenvalue weighted by Crippen LogP contribution is 2.31. The van der Waals surface area contributed by atoms with Crippen LogP contribution in [0.3, 0.4) is 0 Å². The van der Waals surface area contributed by atoms with Gasteiger partial charge < -0.3 is 4.98 Å². The van der Waals surface area contributed by atoms with E-state index in [9.17, 15) is 4.79 Å². The van der Waals surface area contributed by atoms with Crippen molar-refractivity contribution < 1.29 is 4.79 Å². The molecule has 5 heteroatoms. The fraction of sp³-hybridized carbons (Fsp3) is 0. The van der Waals surface area contributed by atoms with Gasteiger partial charge in [-0.25, -0.2) is 4.98 Å². The Morgan fingerprint density at radius 2 is 1.67 bits per heavy atom. The zero-order valence-corrected chi connectivity index (χ0v) is 15.1. The number of aromatic amines is 1. The molecular weight excluding hydrogens is 354 g/mol. The number of thiazole rings is 1. The molecule has 0 unspecified atom stereocenters. The lowest BCUT2D eigenvalue weighted by Gasteiger charge is -2.01. The van der Waals surface area contributed by atoms with Crippen LogP contribution in [-0.4, -0.2) is 15.9 Å². The SMILES string of the molecule is O=C(Nc1nc(-c2ccc3c(c2)[nH]c2ccccc23)cs1)c1ccccc1. The van der Waals surface area contributed by atoms with Gasteiger partial charge in [0.1, 0.15) is 0 Å². The van der Waals surface area contributed by atoms with Gasteiger partial charge in [0.25, 0.3) is 5.91 Å². The minimum Gasteiger partial charge on any atom is -0.354 e. The lowest BCUT2D eigenvalue weighted by molar-refractivity contribution is 0.102. The number of nitrogens with one attached hydrogen (secondary N) is 2.